The van der Waals surface area contributed by atoms with Gasteiger partial charge in [-0.3, -0.25) is 14.4 Å². The van der Waals surface area contributed by atoms with Crippen molar-refractivity contribution in [2.45, 2.75) is 19.9 Å². The van der Waals surface area contributed by atoms with E-state index in [0.29, 0.717) is 21.8 Å². The molecule has 1 unspecified atom stereocenters. The van der Waals surface area contributed by atoms with E-state index in [1.165, 1.54) is 7.05 Å². The van der Waals surface area contributed by atoms with E-state index < -0.39 is 6.04 Å². The largest absolute Gasteiger partial charge is 0.355 e. The number of halogens is 1. The number of rotatable bonds is 6. The third kappa shape index (κ3) is 5.56. The summed E-state index contributed by atoms with van der Waals surface area (Å²) in [6.45, 7) is 3.68. The van der Waals surface area contributed by atoms with Crippen molar-refractivity contribution >= 4 is 35.0 Å². The lowest BCUT2D eigenvalue weighted by molar-refractivity contribution is -0.118. The van der Waals surface area contributed by atoms with Gasteiger partial charge in [0.05, 0.1) is 0 Å². The Hall–Kier alpha value is -2.86. The first-order valence-corrected chi connectivity index (χ1v) is 8.89. The standard InChI is InChI=1S/C20H22ClN3O3/c1-12(2)17(24-19(26)13-7-9-15(21)10-8-13)20(27)23-16-6-4-5-14(11-16)18(25)22-3/h4-12,17H,1-3H3,(H,22,25)(H,23,27)(H,24,26). The van der Waals surface area contributed by atoms with Crippen LogP contribution in [0.1, 0.15) is 34.6 Å². The summed E-state index contributed by atoms with van der Waals surface area (Å²) in [5.74, 6) is -1.10. The highest BCUT2D eigenvalue weighted by Crippen LogP contribution is 2.14. The van der Waals surface area contributed by atoms with Crippen molar-refractivity contribution in [3.05, 3.63) is 64.7 Å². The molecule has 0 aromatic heterocycles. The normalized spacial score (nSPS) is 11.6. The van der Waals surface area contributed by atoms with Crippen LogP contribution in [0.25, 0.3) is 0 Å². The van der Waals surface area contributed by atoms with Crippen molar-refractivity contribution < 1.29 is 14.4 Å². The summed E-state index contributed by atoms with van der Waals surface area (Å²) in [6, 6.07) is 12.3. The van der Waals surface area contributed by atoms with Gasteiger partial charge in [0.1, 0.15) is 6.04 Å². The molecule has 0 heterocycles. The van der Waals surface area contributed by atoms with Gasteiger partial charge in [-0.05, 0) is 48.4 Å². The molecule has 0 saturated carbocycles. The van der Waals surface area contributed by atoms with Crippen LogP contribution in [-0.4, -0.2) is 30.8 Å². The van der Waals surface area contributed by atoms with E-state index in [0.717, 1.165) is 0 Å². The fourth-order valence-corrected chi connectivity index (χ4v) is 2.59. The number of nitrogens with one attached hydrogen (secondary N) is 3. The van der Waals surface area contributed by atoms with Crippen LogP contribution in [0.15, 0.2) is 48.5 Å². The molecule has 0 fully saturated rings. The monoisotopic (exact) mass is 387 g/mol. The van der Waals surface area contributed by atoms with Gasteiger partial charge in [0.15, 0.2) is 0 Å². The molecule has 0 saturated heterocycles. The van der Waals surface area contributed by atoms with Crippen LogP contribution in [0.4, 0.5) is 5.69 Å². The number of amides is 3. The molecule has 0 spiro atoms. The first kappa shape index (κ1) is 20.5. The Bertz CT molecular complexity index is 835. The zero-order valence-electron chi connectivity index (χ0n) is 15.4. The molecule has 0 aliphatic heterocycles. The molecule has 2 rings (SSSR count). The second-order valence-electron chi connectivity index (χ2n) is 6.35. The topological polar surface area (TPSA) is 87.3 Å². The Labute approximate surface area is 163 Å². The first-order valence-electron chi connectivity index (χ1n) is 8.51. The molecule has 2 aromatic carbocycles. The van der Waals surface area contributed by atoms with Crippen molar-refractivity contribution in [3.8, 4) is 0 Å². The molecule has 142 valence electrons. The van der Waals surface area contributed by atoms with Crippen molar-refractivity contribution in [2.24, 2.45) is 5.92 Å². The van der Waals surface area contributed by atoms with Gasteiger partial charge in [-0.2, -0.15) is 0 Å². The molecule has 1 atom stereocenters. The minimum absolute atomic E-state index is 0.136. The number of benzene rings is 2. The Morgan fingerprint density at radius 3 is 2.19 bits per heavy atom. The summed E-state index contributed by atoms with van der Waals surface area (Å²) >= 11 is 5.83. The van der Waals surface area contributed by atoms with E-state index in [1.54, 1.807) is 48.5 Å². The predicted molar refractivity (Wildman–Crippen MR) is 106 cm³/mol. The van der Waals surface area contributed by atoms with Crippen LogP contribution in [0.2, 0.25) is 5.02 Å². The van der Waals surface area contributed by atoms with Gasteiger partial charge in [-0.1, -0.05) is 31.5 Å². The van der Waals surface area contributed by atoms with E-state index in [2.05, 4.69) is 16.0 Å². The van der Waals surface area contributed by atoms with Gasteiger partial charge >= 0.3 is 0 Å². The number of anilines is 1. The zero-order chi connectivity index (χ0) is 20.0. The Morgan fingerprint density at radius 1 is 0.926 bits per heavy atom. The highest BCUT2D eigenvalue weighted by atomic mass is 35.5. The van der Waals surface area contributed by atoms with Crippen LogP contribution >= 0.6 is 11.6 Å². The molecule has 0 bridgehead atoms. The van der Waals surface area contributed by atoms with Crippen LogP contribution in [-0.2, 0) is 4.79 Å². The second-order valence-corrected chi connectivity index (χ2v) is 6.79. The summed E-state index contributed by atoms with van der Waals surface area (Å²) in [6.07, 6.45) is 0. The van der Waals surface area contributed by atoms with Gasteiger partial charge in [0.2, 0.25) is 5.91 Å². The smallest absolute Gasteiger partial charge is 0.251 e. The molecular formula is C20H22ClN3O3. The van der Waals surface area contributed by atoms with Crippen LogP contribution in [0, 0.1) is 5.92 Å². The second kappa shape index (κ2) is 9.19. The minimum atomic E-state index is -0.739. The molecule has 0 radical (unpaired) electrons. The SMILES string of the molecule is CNC(=O)c1cccc(NC(=O)C(NC(=O)c2ccc(Cl)cc2)C(C)C)c1. The molecule has 3 amide bonds. The number of hydrogen-bond donors (Lipinski definition) is 3. The summed E-state index contributed by atoms with van der Waals surface area (Å²) in [7, 11) is 1.54. The van der Waals surface area contributed by atoms with Gasteiger partial charge in [-0.15, -0.1) is 0 Å². The number of carbonyl (C=O) groups excluding carboxylic acids is 3. The molecular weight excluding hydrogens is 366 g/mol. The predicted octanol–water partition coefficient (Wildman–Crippen LogP) is 3.09. The average Bonchev–Trinajstić information content (AvgIpc) is 2.65. The van der Waals surface area contributed by atoms with E-state index in [9.17, 15) is 14.4 Å². The maximum Gasteiger partial charge on any atom is 0.251 e. The average molecular weight is 388 g/mol. The minimum Gasteiger partial charge on any atom is -0.355 e. The lowest BCUT2D eigenvalue weighted by atomic mass is 10.0. The first-order chi connectivity index (χ1) is 12.8. The summed E-state index contributed by atoms with van der Waals surface area (Å²) in [5.41, 5.74) is 1.33. The van der Waals surface area contributed by atoms with Gasteiger partial charge < -0.3 is 16.0 Å². The molecule has 7 heteroatoms. The van der Waals surface area contributed by atoms with Gasteiger partial charge in [0.25, 0.3) is 11.8 Å². The Kier molecular flexibility index (Phi) is 6.96. The van der Waals surface area contributed by atoms with Crippen molar-refractivity contribution in [3.63, 3.8) is 0 Å². The Balaban J connectivity index is 2.12. The number of carbonyl (C=O) groups is 3. The summed E-state index contributed by atoms with van der Waals surface area (Å²) < 4.78 is 0. The van der Waals surface area contributed by atoms with Crippen LogP contribution in [0.5, 0.6) is 0 Å². The third-order valence-electron chi connectivity index (χ3n) is 3.96. The molecule has 0 aliphatic carbocycles. The highest BCUT2D eigenvalue weighted by molar-refractivity contribution is 6.30. The summed E-state index contributed by atoms with van der Waals surface area (Å²) in [4.78, 5) is 36.8. The van der Waals surface area contributed by atoms with E-state index >= 15 is 0 Å². The van der Waals surface area contributed by atoms with E-state index in [4.69, 9.17) is 11.6 Å². The van der Waals surface area contributed by atoms with Crippen molar-refractivity contribution in [2.75, 3.05) is 12.4 Å². The fourth-order valence-electron chi connectivity index (χ4n) is 2.46. The Morgan fingerprint density at radius 2 is 1.59 bits per heavy atom. The summed E-state index contributed by atoms with van der Waals surface area (Å²) in [5, 5.41) is 8.56. The molecule has 2 aromatic rings. The maximum atomic E-state index is 12.7. The van der Waals surface area contributed by atoms with E-state index in [1.807, 2.05) is 13.8 Å². The quantitative estimate of drug-likeness (QED) is 0.711. The van der Waals surface area contributed by atoms with Gasteiger partial charge in [-0.25, -0.2) is 0 Å². The molecule has 6 nitrogen and oxygen atoms in total. The maximum absolute atomic E-state index is 12.7. The van der Waals surface area contributed by atoms with Crippen molar-refractivity contribution in [1.29, 1.82) is 0 Å². The third-order valence-corrected chi connectivity index (χ3v) is 4.21. The van der Waals surface area contributed by atoms with E-state index in [-0.39, 0.29) is 23.6 Å². The van der Waals surface area contributed by atoms with Crippen LogP contribution in [0.3, 0.4) is 0 Å². The van der Waals surface area contributed by atoms with Crippen LogP contribution < -0.4 is 16.0 Å². The fraction of sp³-hybridized carbons (Fsp3) is 0.250. The molecule has 0 aliphatic rings. The lowest BCUT2D eigenvalue weighted by Gasteiger charge is -2.22. The highest BCUT2D eigenvalue weighted by Gasteiger charge is 2.25. The lowest BCUT2D eigenvalue weighted by Crippen LogP contribution is -2.47. The molecule has 3 N–H and O–H groups in total. The zero-order valence-corrected chi connectivity index (χ0v) is 16.1. The number of hydrogen-bond acceptors (Lipinski definition) is 3. The molecule has 27 heavy (non-hydrogen) atoms. The van der Waals surface area contributed by atoms with Gasteiger partial charge in [0, 0.05) is 28.9 Å². The van der Waals surface area contributed by atoms with Crippen molar-refractivity contribution in [1.82, 2.24) is 10.6 Å².